The highest BCUT2D eigenvalue weighted by Crippen LogP contribution is 2.00. The largest absolute Gasteiger partial charge is 0.377 e. The first-order chi connectivity index (χ1) is 17.3. The predicted molar refractivity (Wildman–Crippen MR) is 133 cm³/mol. The Morgan fingerprint density at radius 2 is 0.743 bits per heavy atom. The van der Waals surface area contributed by atoms with Gasteiger partial charge in [-0.25, -0.2) is 0 Å². The number of hydrogen-bond acceptors (Lipinski definition) is 9. The van der Waals surface area contributed by atoms with Crippen molar-refractivity contribution in [1.29, 1.82) is 0 Å². The number of hydrogen-bond donors (Lipinski definition) is 0. The molecule has 0 radical (unpaired) electrons. The molecule has 1 aromatic carbocycles. The lowest BCUT2D eigenvalue weighted by Crippen LogP contribution is -2.15. The topological polar surface area (TPSA) is 83.1 Å². The van der Waals surface area contributed by atoms with E-state index in [9.17, 15) is 0 Å². The summed E-state index contributed by atoms with van der Waals surface area (Å²) in [4.78, 5) is 0. The van der Waals surface area contributed by atoms with Gasteiger partial charge in [-0.15, -0.1) is 0 Å². The maximum Gasteiger partial charge on any atom is 0.0718 e. The number of ether oxygens (including phenoxy) is 9. The van der Waals surface area contributed by atoms with Gasteiger partial charge in [0.15, 0.2) is 0 Å². The number of benzene rings is 1. The normalized spacial score (nSPS) is 11.5. The lowest BCUT2D eigenvalue weighted by atomic mass is 10.2. The van der Waals surface area contributed by atoms with E-state index in [1.54, 1.807) is 0 Å². The van der Waals surface area contributed by atoms with Crippen LogP contribution in [0, 0.1) is 0 Å². The third kappa shape index (κ3) is 24.3. The predicted octanol–water partition coefficient (Wildman–Crippen LogP) is 2.74. The molecular formula is C26H46O9. The van der Waals surface area contributed by atoms with Crippen LogP contribution < -0.4 is 0 Å². The van der Waals surface area contributed by atoms with Crippen LogP contribution in [0.15, 0.2) is 30.3 Å². The number of rotatable bonds is 27. The Balaban J connectivity index is 1.64. The van der Waals surface area contributed by atoms with Crippen LogP contribution in [0.3, 0.4) is 0 Å². The first-order valence-electron chi connectivity index (χ1n) is 12.6. The molecule has 0 aromatic heterocycles. The zero-order chi connectivity index (χ0) is 25.1. The molecule has 0 saturated heterocycles. The average Bonchev–Trinajstić information content (AvgIpc) is 2.86. The van der Waals surface area contributed by atoms with E-state index in [4.69, 9.17) is 42.6 Å². The summed E-state index contributed by atoms with van der Waals surface area (Å²) in [6.45, 7) is 13.4. The summed E-state index contributed by atoms with van der Waals surface area (Å²) < 4.78 is 49.1. The molecule has 0 heterocycles. The van der Waals surface area contributed by atoms with Crippen LogP contribution in [0.5, 0.6) is 0 Å². The van der Waals surface area contributed by atoms with Crippen molar-refractivity contribution in [2.24, 2.45) is 0 Å². The molecule has 0 N–H and O–H groups in total. The van der Waals surface area contributed by atoms with Gasteiger partial charge >= 0.3 is 0 Å². The van der Waals surface area contributed by atoms with E-state index in [1.165, 1.54) is 0 Å². The lowest BCUT2D eigenvalue weighted by molar-refractivity contribution is -0.0271. The second-order valence-electron chi connectivity index (χ2n) is 7.74. The van der Waals surface area contributed by atoms with Gasteiger partial charge in [0.2, 0.25) is 0 Å². The monoisotopic (exact) mass is 502 g/mol. The Morgan fingerprint density at radius 1 is 0.429 bits per heavy atom. The molecule has 0 aliphatic heterocycles. The van der Waals surface area contributed by atoms with Crippen LogP contribution in [0.25, 0.3) is 0 Å². The second-order valence-corrected chi connectivity index (χ2v) is 7.74. The Hall–Kier alpha value is -1.14. The van der Waals surface area contributed by atoms with Crippen LogP contribution in [0.4, 0.5) is 0 Å². The van der Waals surface area contributed by atoms with Gasteiger partial charge in [-0.2, -0.15) is 0 Å². The van der Waals surface area contributed by atoms with Crippen LogP contribution in [0.1, 0.15) is 19.4 Å². The zero-order valence-corrected chi connectivity index (χ0v) is 21.7. The molecule has 9 nitrogen and oxygen atoms in total. The van der Waals surface area contributed by atoms with E-state index in [0.717, 1.165) is 5.56 Å². The highest BCUT2D eigenvalue weighted by Gasteiger charge is 1.96. The lowest BCUT2D eigenvalue weighted by Gasteiger charge is -2.09. The molecule has 0 amide bonds. The van der Waals surface area contributed by atoms with Crippen molar-refractivity contribution in [3.63, 3.8) is 0 Å². The molecule has 1 aromatic rings. The Bertz CT molecular complexity index is 531. The van der Waals surface area contributed by atoms with Gasteiger partial charge in [0, 0.05) is 0 Å². The van der Waals surface area contributed by atoms with Crippen molar-refractivity contribution < 1.29 is 42.6 Å². The van der Waals surface area contributed by atoms with Gasteiger partial charge in [-0.3, -0.25) is 0 Å². The van der Waals surface area contributed by atoms with E-state index in [1.807, 2.05) is 44.2 Å². The van der Waals surface area contributed by atoms with E-state index < -0.39 is 0 Å². The molecule has 0 bridgehead atoms. The minimum absolute atomic E-state index is 0.238. The summed E-state index contributed by atoms with van der Waals surface area (Å²) in [5.74, 6) is 0. The second kappa shape index (κ2) is 25.9. The molecule has 0 atom stereocenters. The van der Waals surface area contributed by atoms with Gasteiger partial charge in [0.05, 0.1) is 118 Å². The SMILES string of the molecule is CC(C)OCCOCCOCCOCCOCCOCCOCCOCCOCc1ccccc1. The van der Waals surface area contributed by atoms with Gasteiger partial charge in [0.1, 0.15) is 0 Å². The average molecular weight is 503 g/mol. The third-order valence-electron chi connectivity index (χ3n) is 4.39. The molecule has 0 fully saturated rings. The minimum atomic E-state index is 0.238. The van der Waals surface area contributed by atoms with Crippen molar-refractivity contribution in [3.05, 3.63) is 35.9 Å². The van der Waals surface area contributed by atoms with Crippen LogP contribution >= 0.6 is 0 Å². The van der Waals surface area contributed by atoms with Crippen molar-refractivity contribution in [1.82, 2.24) is 0 Å². The maximum atomic E-state index is 5.55. The summed E-state index contributed by atoms with van der Waals surface area (Å²) in [6.07, 6.45) is 0.238. The first-order valence-corrected chi connectivity index (χ1v) is 12.6. The maximum absolute atomic E-state index is 5.55. The van der Waals surface area contributed by atoms with Gasteiger partial charge in [-0.05, 0) is 19.4 Å². The highest BCUT2D eigenvalue weighted by molar-refractivity contribution is 5.13. The fourth-order valence-corrected chi connectivity index (χ4v) is 2.65. The van der Waals surface area contributed by atoms with E-state index in [0.29, 0.717) is 112 Å². The van der Waals surface area contributed by atoms with Crippen molar-refractivity contribution in [2.45, 2.75) is 26.6 Å². The Morgan fingerprint density at radius 3 is 1.09 bits per heavy atom. The Labute approximate surface area is 211 Å². The molecule has 9 heteroatoms. The third-order valence-corrected chi connectivity index (χ3v) is 4.39. The molecule has 0 aliphatic carbocycles. The van der Waals surface area contributed by atoms with Crippen molar-refractivity contribution in [3.8, 4) is 0 Å². The summed E-state index contributed by atoms with van der Waals surface area (Å²) in [5.41, 5.74) is 1.16. The van der Waals surface area contributed by atoms with Crippen LogP contribution in [-0.4, -0.2) is 112 Å². The fourth-order valence-electron chi connectivity index (χ4n) is 2.65. The van der Waals surface area contributed by atoms with Gasteiger partial charge < -0.3 is 42.6 Å². The smallest absolute Gasteiger partial charge is 0.0718 e. The zero-order valence-electron chi connectivity index (χ0n) is 21.7. The Kier molecular flexibility index (Phi) is 23.6. The molecule has 35 heavy (non-hydrogen) atoms. The van der Waals surface area contributed by atoms with E-state index >= 15 is 0 Å². The van der Waals surface area contributed by atoms with Crippen LogP contribution in [-0.2, 0) is 49.2 Å². The molecule has 1 rings (SSSR count). The van der Waals surface area contributed by atoms with Crippen molar-refractivity contribution >= 4 is 0 Å². The standard InChI is InChI=1S/C26H46O9/c1-25(2)35-23-22-33-19-18-31-15-14-29-11-10-27-8-9-28-12-13-30-16-17-32-20-21-34-24-26-6-4-3-5-7-26/h3-7,25H,8-24H2,1-2H3. The molecule has 0 aliphatic rings. The molecule has 0 unspecified atom stereocenters. The molecule has 0 saturated carbocycles. The fraction of sp³-hybridized carbons (Fsp3) is 0.769. The highest BCUT2D eigenvalue weighted by atomic mass is 16.6. The molecular weight excluding hydrogens is 456 g/mol. The molecule has 204 valence electrons. The summed E-state index contributed by atoms with van der Waals surface area (Å²) in [6, 6.07) is 10.1. The van der Waals surface area contributed by atoms with E-state index in [-0.39, 0.29) is 6.10 Å². The van der Waals surface area contributed by atoms with Crippen molar-refractivity contribution in [2.75, 3.05) is 106 Å². The molecule has 0 spiro atoms. The summed E-state index contributed by atoms with van der Waals surface area (Å²) in [5, 5.41) is 0. The summed E-state index contributed by atoms with van der Waals surface area (Å²) in [7, 11) is 0. The summed E-state index contributed by atoms with van der Waals surface area (Å²) >= 11 is 0. The van der Waals surface area contributed by atoms with E-state index in [2.05, 4.69) is 0 Å². The minimum Gasteiger partial charge on any atom is -0.377 e. The van der Waals surface area contributed by atoms with Gasteiger partial charge in [0.25, 0.3) is 0 Å². The van der Waals surface area contributed by atoms with Gasteiger partial charge in [-0.1, -0.05) is 30.3 Å². The first kappa shape index (κ1) is 31.9. The quantitative estimate of drug-likeness (QED) is 0.169. The van der Waals surface area contributed by atoms with Crippen LogP contribution in [0.2, 0.25) is 0 Å².